The van der Waals surface area contributed by atoms with Crippen molar-refractivity contribution in [3.63, 3.8) is 0 Å². The predicted molar refractivity (Wildman–Crippen MR) is 217 cm³/mol. The predicted octanol–water partition coefficient (Wildman–Crippen LogP) is 12.9. The van der Waals surface area contributed by atoms with Crippen LogP contribution in [0.2, 0.25) is 0 Å². The average Bonchev–Trinajstić information content (AvgIpc) is 3.62. The molecule has 0 fully saturated rings. The summed E-state index contributed by atoms with van der Waals surface area (Å²) in [5.74, 6) is 1.83. The summed E-state index contributed by atoms with van der Waals surface area (Å²) < 4.78 is 6.55. The van der Waals surface area contributed by atoms with Gasteiger partial charge in [0.2, 0.25) is 0 Å². The smallest absolute Gasteiger partial charge is 0.164 e. The summed E-state index contributed by atoms with van der Waals surface area (Å²) in [5.41, 5.74) is 11.3. The van der Waals surface area contributed by atoms with Crippen LogP contribution in [0, 0.1) is 0 Å². The monoisotopic (exact) mass is 677 g/mol. The molecule has 0 saturated heterocycles. The van der Waals surface area contributed by atoms with Crippen molar-refractivity contribution in [3.8, 4) is 67.5 Å². The highest BCUT2D eigenvalue weighted by atomic mass is 16.3. The van der Waals surface area contributed by atoms with Crippen LogP contribution >= 0.6 is 0 Å². The third-order valence-electron chi connectivity index (χ3n) is 9.93. The Balaban J connectivity index is 1.06. The molecule has 10 aromatic rings. The summed E-state index contributed by atoms with van der Waals surface area (Å²) in [6.07, 6.45) is 0. The molecular weight excluding hydrogens is 647 g/mol. The van der Waals surface area contributed by atoms with Crippen LogP contribution in [0.25, 0.3) is 100 Å². The van der Waals surface area contributed by atoms with Crippen molar-refractivity contribution in [3.05, 3.63) is 188 Å². The summed E-state index contributed by atoms with van der Waals surface area (Å²) in [5, 5.41) is 4.61. The quantitative estimate of drug-likeness (QED) is 0.176. The molecule has 4 heteroatoms. The van der Waals surface area contributed by atoms with E-state index in [1.165, 1.54) is 27.5 Å². The number of nitrogens with zero attached hydrogens (tertiary/aromatic N) is 3. The van der Waals surface area contributed by atoms with Crippen molar-refractivity contribution in [1.82, 2.24) is 15.0 Å². The Bertz CT molecular complexity index is 2930. The maximum atomic E-state index is 6.55. The van der Waals surface area contributed by atoms with E-state index in [0.29, 0.717) is 17.5 Å². The number of aromatic nitrogens is 3. The molecule has 0 amide bonds. The topological polar surface area (TPSA) is 51.8 Å². The molecular formula is C49H31N3O. The Morgan fingerprint density at radius 2 is 0.830 bits per heavy atom. The molecule has 0 aliphatic rings. The molecule has 4 nitrogen and oxygen atoms in total. The zero-order chi connectivity index (χ0) is 35.1. The van der Waals surface area contributed by atoms with Crippen LogP contribution < -0.4 is 0 Å². The molecule has 10 rings (SSSR count). The van der Waals surface area contributed by atoms with Gasteiger partial charge < -0.3 is 4.42 Å². The molecule has 0 aliphatic carbocycles. The lowest BCUT2D eigenvalue weighted by molar-refractivity contribution is 0.669. The zero-order valence-electron chi connectivity index (χ0n) is 28.6. The highest BCUT2D eigenvalue weighted by molar-refractivity contribution is 6.13. The Kier molecular flexibility index (Phi) is 7.43. The lowest BCUT2D eigenvalue weighted by atomic mass is 9.95. The maximum absolute atomic E-state index is 6.55. The summed E-state index contributed by atoms with van der Waals surface area (Å²) in [6.45, 7) is 0. The van der Waals surface area contributed by atoms with E-state index >= 15 is 0 Å². The van der Waals surface area contributed by atoms with Crippen molar-refractivity contribution in [2.45, 2.75) is 0 Å². The van der Waals surface area contributed by atoms with Crippen molar-refractivity contribution >= 4 is 32.7 Å². The first-order chi connectivity index (χ1) is 26.2. The summed E-state index contributed by atoms with van der Waals surface area (Å²) in [6, 6.07) is 65.3. The van der Waals surface area contributed by atoms with Crippen LogP contribution in [-0.2, 0) is 0 Å². The molecule has 0 bridgehead atoms. The van der Waals surface area contributed by atoms with Gasteiger partial charge in [-0.1, -0.05) is 158 Å². The van der Waals surface area contributed by atoms with Gasteiger partial charge in [-0.2, -0.15) is 0 Å². The maximum Gasteiger partial charge on any atom is 0.164 e. The lowest BCUT2D eigenvalue weighted by Gasteiger charge is -2.09. The number of benzene rings is 8. The van der Waals surface area contributed by atoms with Gasteiger partial charge in [-0.05, 0) is 74.5 Å². The van der Waals surface area contributed by atoms with E-state index in [1.54, 1.807) is 0 Å². The van der Waals surface area contributed by atoms with Crippen molar-refractivity contribution < 1.29 is 4.42 Å². The zero-order valence-corrected chi connectivity index (χ0v) is 28.6. The number of fused-ring (bicyclic) bond motifs is 4. The third kappa shape index (κ3) is 5.73. The first kappa shape index (κ1) is 30.6. The molecule has 8 aromatic carbocycles. The molecule has 0 N–H and O–H groups in total. The summed E-state index contributed by atoms with van der Waals surface area (Å²) in [7, 11) is 0. The van der Waals surface area contributed by atoms with Gasteiger partial charge in [-0.25, -0.2) is 15.0 Å². The van der Waals surface area contributed by atoms with E-state index in [-0.39, 0.29) is 0 Å². The lowest BCUT2D eigenvalue weighted by Crippen LogP contribution is -2.00. The van der Waals surface area contributed by atoms with Gasteiger partial charge in [0.25, 0.3) is 0 Å². The van der Waals surface area contributed by atoms with E-state index in [9.17, 15) is 0 Å². The highest BCUT2D eigenvalue weighted by Crippen LogP contribution is 2.39. The Labute approximate surface area is 306 Å². The number of furan rings is 1. The van der Waals surface area contributed by atoms with Crippen molar-refractivity contribution in [1.29, 1.82) is 0 Å². The fraction of sp³-hybridized carbons (Fsp3) is 0. The second-order valence-electron chi connectivity index (χ2n) is 13.3. The van der Waals surface area contributed by atoms with E-state index < -0.39 is 0 Å². The summed E-state index contributed by atoms with van der Waals surface area (Å²) in [4.78, 5) is 14.9. The fourth-order valence-corrected chi connectivity index (χ4v) is 7.23. The van der Waals surface area contributed by atoms with Crippen LogP contribution in [0.5, 0.6) is 0 Å². The number of rotatable bonds is 6. The van der Waals surface area contributed by atoms with E-state index in [1.807, 2.05) is 42.5 Å². The van der Waals surface area contributed by atoms with Crippen LogP contribution in [0.1, 0.15) is 0 Å². The molecule has 2 aromatic heterocycles. The second kappa shape index (κ2) is 12.9. The third-order valence-corrected chi connectivity index (χ3v) is 9.93. The second-order valence-corrected chi connectivity index (χ2v) is 13.3. The standard InChI is InChI=1S/C49H31N3O/c1-3-11-32(12-4-1)34-21-24-36(25-22-34)48-50-47(35-14-5-2-6-15-35)51-49(52-48)41-27-28-43-45(31-41)53-44-20-10-19-42(46(43)44)40-18-9-17-38(30-40)39-26-23-33-13-7-8-16-37(33)29-39/h1-31H. The number of hydrogen-bond donors (Lipinski definition) is 0. The minimum atomic E-state index is 0.589. The molecule has 0 aliphatic heterocycles. The Morgan fingerprint density at radius 1 is 0.302 bits per heavy atom. The van der Waals surface area contributed by atoms with Crippen molar-refractivity contribution in [2.24, 2.45) is 0 Å². The molecule has 0 radical (unpaired) electrons. The molecule has 0 saturated carbocycles. The molecule has 248 valence electrons. The van der Waals surface area contributed by atoms with Gasteiger partial charge in [-0.15, -0.1) is 0 Å². The van der Waals surface area contributed by atoms with Crippen LogP contribution in [0.4, 0.5) is 0 Å². The van der Waals surface area contributed by atoms with Gasteiger partial charge in [0.05, 0.1) is 0 Å². The van der Waals surface area contributed by atoms with Gasteiger partial charge in [0.15, 0.2) is 17.5 Å². The Hall–Kier alpha value is -7.17. The minimum Gasteiger partial charge on any atom is -0.456 e. The highest BCUT2D eigenvalue weighted by Gasteiger charge is 2.17. The first-order valence-corrected chi connectivity index (χ1v) is 17.8. The normalized spacial score (nSPS) is 11.4. The first-order valence-electron chi connectivity index (χ1n) is 17.8. The average molecular weight is 678 g/mol. The van der Waals surface area contributed by atoms with Gasteiger partial charge in [0.1, 0.15) is 11.2 Å². The molecule has 2 heterocycles. The summed E-state index contributed by atoms with van der Waals surface area (Å²) >= 11 is 0. The van der Waals surface area contributed by atoms with E-state index in [2.05, 4.69) is 146 Å². The van der Waals surface area contributed by atoms with E-state index in [0.717, 1.165) is 55.3 Å². The Morgan fingerprint density at radius 3 is 1.60 bits per heavy atom. The SMILES string of the molecule is c1ccc(-c2ccc(-c3nc(-c4ccccc4)nc(-c4ccc5c(c4)oc4cccc(-c6cccc(-c7ccc8ccccc8c7)c6)c45)n3)cc2)cc1. The van der Waals surface area contributed by atoms with Crippen LogP contribution in [-0.4, -0.2) is 15.0 Å². The van der Waals surface area contributed by atoms with Gasteiger partial charge in [0, 0.05) is 27.5 Å². The minimum absolute atomic E-state index is 0.589. The van der Waals surface area contributed by atoms with Gasteiger partial charge in [-0.3, -0.25) is 0 Å². The largest absolute Gasteiger partial charge is 0.456 e. The molecule has 0 spiro atoms. The number of hydrogen-bond acceptors (Lipinski definition) is 4. The molecule has 53 heavy (non-hydrogen) atoms. The fourth-order valence-electron chi connectivity index (χ4n) is 7.23. The van der Waals surface area contributed by atoms with Gasteiger partial charge >= 0.3 is 0 Å². The van der Waals surface area contributed by atoms with Crippen LogP contribution in [0.3, 0.4) is 0 Å². The van der Waals surface area contributed by atoms with E-state index in [4.69, 9.17) is 19.4 Å². The van der Waals surface area contributed by atoms with Crippen molar-refractivity contribution in [2.75, 3.05) is 0 Å². The molecule has 0 atom stereocenters. The van der Waals surface area contributed by atoms with Crippen LogP contribution in [0.15, 0.2) is 192 Å². The molecule has 0 unspecified atom stereocenters.